The molecule has 0 aliphatic heterocycles. The van der Waals surface area contributed by atoms with Gasteiger partial charge in [0.15, 0.2) is 0 Å². The third-order valence-electron chi connectivity index (χ3n) is 2.75. The minimum Gasteiger partial charge on any atom is -0.212 e. The molecule has 0 aromatic heterocycles. The van der Waals surface area contributed by atoms with Gasteiger partial charge in [-0.2, -0.15) is 0 Å². The summed E-state index contributed by atoms with van der Waals surface area (Å²) >= 11 is 0. The third kappa shape index (κ3) is 4.88. The van der Waals surface area contributed by atoms with Crippen molar-refractivity contribution in [2.24, 2.45) is 0 Å². The van der Waals surface area contributed by atoms with Crippen LogP contribution >= 0.6 is 0 Å². The number of rotatable bonds is 6. The first kappa shape index (κ1) is 14.2. The molecule has 1 N–H and O–H groups in total. The van der Waals surface area contributed by atoms with Crippen LogP contribution in [0.15, 0.2) is 18.2 Å². The van der Waals surface area contributed by atoms with Gasteiger partial charge in [-0.3, -0.25) is 0 Å². The number of hydrogen-bond acceptors (Lipinski definition) is 2. The molecule has 3 nitrogen and oxygen atoms in total. The van der Waals surface area contributed by atoms with Crippen LogP contribution in [0.3, 0.4) is 0 Å². The third-order valence-corrected chi connectivity index (χ3v) is 4.16. The van der Waals surface area contributed by atoms with E-state index in [2.05, 4.69) is 10.8 Å². The van der Waals surface area contributed by atoms with Crippen LogP contribution in [0.2, 0.25) is 0 Å². The molecule has 1 rings (SSSR count). The number of aryl methyl sites for hydroxylation is 2. The Balaban J connectivity index is 2.61. The maximum atomic E-state index is 11.6. The van der Waals surface area contributed by atoms with E-state index in [0.717, 1.165) is 17.5 Å². The summed E-state index contributed by atoms with van der Waals surface area (Å²) in [4.78, 5) is 0. The summed E-state index contributed by atoms with van der Waals surface area (Å²) in [6.45, 7) is 6.41. The summed E-state index contributed by atoms with van der Waals surface area (Å²) < 4.78 is 25.9. The standard InChI is InChI=1S/C13H21NO2S/c1-4-5-8-17(15,16)14-10-13-7-6-11(2)9-12(13)3/h6-7,9,14H,4-5,8,10H2,1-3H3. The molecule has 0 saturated carbocycles. The predicted molar refractivity (Wildman–Crippen MR) is 71.5 cm³/mol. The van der Waals surface area contributed by atoms with Crippen molar-refractivity contribution in [3.05, 3.63) is 34.9 Å². The van der Waals surface area contributed by atoms with E-state index < -0.39 is 10.0 Å². The minimum absolute atomic E-state index is 0.217. The molecule has 0 fully saturated rings. The van der Waals surface area contributed by atoms with Gasteiger partial charge in [-0.05, 0) is 31.4 Å². The highest BCUT2D eigenvalue weighted by Crippen LogP contribution is 2.10. The molecule has 0 radical (unpaired) electrons. The molecule has 0 heterocycles. The largest absolute Gasteiger partial charge is 0.212 e. The number of hydrogen-bond donors (Lipinski definition) is 1. The fourth-order valence-corrected chi connectivity index (χ4v) is 2.83. The van der Waals surface area contributed by atoms with Gasteiger partial charge in [0.1, 0.15) is 0 Å². The normalized spacial score (nSPS) is 11.7. The summed E-state index contributed by atoms with van der Waals surface area (Å²) in [6, 6.07) is 6.05. The lowest BCUT2D eigenvalue weighted by atomic mass is 10.1. The van der Waals surface area contributed by atoms with Crippen LogP contribution in [0.25, 0.3) is 0 Å². The molecule has 96 valence electrons. The fraction of sp³-hybridized carbons (Fsp3) is 0.538. The van der Waals surface area contributed by atoms with Crippen LogP contribution < -0.4 is 4.72 Å². The second kappa shape index (κ2) is 6.17. The first-order valence-electron chi connectivity index (χ1n) is 5.98. The van der Waals surface area contributed by atoms with Crippen molar-refractivity contribution in [1.82, 2.24) is 4.72 Å². The molecule has 1 aromatic rings. The van der Waals surface area contributed by atoms with E-state index in [1.54, 1.807) is 0 Å². The average Bonchev–Trinajstić information content (AvgIpc) is 2.25. The van der Waals surface area contributed by atoms with Gasteiger partial charge < -0.3 is 0 Å². The summed E-state index contributed by atoms with van der Waals surface area (Å²) in [5, 5.41) is 0. The summed E-state index contributed by atoms with van der Waals surface area (Å²) in [7, 11) is -3.12. The molecule has 0 bridgehead atoms. The van der Waals surface area contributed by atoms with E-state index in [1.165, 1.54) is 5.56 Å². The Bertz CT molecular complexity index is 466. The van der Waals surface area contributed by atoms with Gasteiger partial charge in [0.05, 0.1) is 5.75 Å². The second-order valence-corrected chi connectivity index (χ2v) is 6.35. The fourth-order valence-electron chi connectivity index (χ4n) is 1.64. The minimum atomic E-state index is -3.12. The summed E-state index contributed by atoms with van der Waals surface area (Å²) in [5.74, 6) is 0.217. The second-order valence-electron chi connectivity index (χ2n) is 4.42. The maximum Gasteiger partial charge on any atom is 0.211 e. The van der Waals surface area contributed by atoms with Crippen molar-refractivity contribution < 1.29 is 8.42 Å². The summed E-state index contributed by atoms with van der Waals surface area (Å²) in [5.41, 5.74) is 3.36. The average molecular weight is 255 g/mol. The van der Waals surface area contributed by atoms with Gasteiger partial charge in [0.25, 0.3) is 0 Å². The monoisotopic (exact) mass is 255 g/mol. The van der Waals surface area contributed by atoms with Crippen LogP contribution in [0.5, 0.6) is 0 Å². The van der Waals surface area contributed by atoms with Gasteiger partial charge in [0.2, 0.25) is 10.0 Å². The van der Waals surface area contributed by atoms with Gasteiger partial charge in [-0.15, -0.1) is 0 Å². The zero-order chi connectivity index (χ0) is 12.9. The smallest absolute Gasteiger partial charge is 0.211 e. The van der Waals surface area contributed by atoms with Gasteiger partial charge >= 0.3 is 0 Å². The molecule has 0 aliphatic carbocycles. The van der Waals surface area contributed by atoms with E-state index >= 15 is 0 Å². The first-order chi connectivity index (χ1) is 7.94. The highest BCUT2D eigenvalue weighted by molar-refractivity contribution is 7.89. The Morgan fingerprint density at radius 1 is 1.24 bits per heavy atom. The van der Waals surface area contributed by atoms with E-state index in [-0.39, 0.29) is 5.75 Å². The highest BCUT2D eigenvalue weighted by atomic mass is 32.2. The van der Waals surface area contributed by atoms with Crippen LogP contribution in [0.1, 0.15) is 36.5 Å². The van der Waals surface area contributed by atoms with Crippen LogP contribution in [0, 0.1) is 13.8 Å². The lowest BCUT2D eigenvalue weighted by Crippen LogP contribution is -2.26. The Hall–Kier alpha value is -0.870. The van der Waals surface area contributed by atoms with Crippen LogP contribution in [-0.4, -0.2) is 14.2 Å². The Morgan fingerprint density at radius 3 is 2.53 bits per heavy atom. The quantitative estimate of drug-likeness (QED) is 0.849. The zero-order valence-electron chi connectivity index (χ0n) is 10.8. The highest BCUT2D eigenvalue weighted by Gasteiger charge is 2.09. The van der Waals surface area contributed by atoms with Crippen LogP contribution in [0.4, 0.5) is 0 Å². The Labute approximate surface area is 104 Å². The van der Waals surface area contributed by atoms with E-state index in [4.69, 9.17) is 0 Å². The van der Waals surface area contributed by atoms with Crippen molar-refractivity contribution in [2.75, 3.05) is 5.75 Å². The van der Waals surface area contributed by atoms with Gasteiger partial charge in [-0.25, -0.2) is 13.1 Å². The molecule has 0 spiro atoms. The molecule has 0 amide bonds. The van der Waals surface area contributed by atoms with Crippen molar-refractivity contribution >= 4 is 10.0 Å². The maximum absolute atomic E-state index is 11.6. The van der Waals surface area contributed by atoms with Crippen molar-refractivity contribution in [1.29, 1.82) is 0 Å². The molecule has 4 heteroatoms. The lowest BCUT2D eigenvalue weighted by molar-refractivity contribution is 0.578. The van der Waals surface area contributed by atoms with Gasteiger partial charge in [0, 0.05) is 6.54 Å². The number of benzene rings is 1. The van der Waals surface area contributed by atoms with Crippen molar-refractivity contribution in [3.63, 3.8) is 0 Å². The molecule has 1 aromatic carbocycles. The van der Waals surface area contributed by atoms with E-state index in [0.29, 0.717) is 13.0 Å². The molecule has 0 atom stereocenters. The molecule has 0 unspecified atom stereocenters. The van der Waals surface area contributed by atoms with E-state index in [1.807, 2.05) is 32.9 Å². The first-order valence-corrected chi connectivity index (χ1v) is 7.63. The Kier molecular flexibility index (Phi) is 5.15. The van der Waals surface area contributed by atoms with Crippen LogP contribution in [-0.2, 0) is 16.6 Å². The van der Waals surface area contributed by atoms with Crippen molar-refractivity contribution in [2.45, 2.75) is 40.2 Å². The SMILES string of the molecule is CCCCS(=O)(=O)NCc1ccc(C)cc1C. The number of nitrogens with one attached hydrogen (secondary N) is 1. The van der Waals surface area contributed by atoms with Gasteiger partial charge in [-0.1, -0.05) is 37.1 Å². The number of unbranched alkanes of at least 4 members (excludes halogenated alkanes) is 1. The molecule has 17 heavy (non-hydrogen) atoms. The predicted octanol–water partition coefficient (Wildman–Crippen LogP) is 2.52. The number of sulfonamides is 1. The lowest BCUT2D eigenvalue weighted by Gasteiger charge is -2.09. The molecular weight excluding hydrogens is 234 g/mol. The summed E-state index contributed by atoms with van der Waals surface area (Å²) in [6.07, 6.45) is 1.60. The van der Waals surface area contributed by atoms with E-state index in [9.17, 15) is 8.42 Å². The van der Waals surface area contributed by atoms with Crippen molar-refractivity contribution in [3.8, 4) is 0 Å². The zero-order valence-corrected chi connectivity index (χ0v) is 11.6. The molecular formula is C13H21NO2S. The topological polar surface area (TPSA) is 46.2 Å². The Morgan fingerprint density at radius 2 is 1.94 bits per heavy atom. The molecule has 0 aliphatic rings. The molecule has 0 saturated heterocycles.